The van der Waals surface area contributed by atoms with Crippen LogP contribution in [-0.4, -0.2) is 12.9 Å². The van der Waals surface area contributed by atoms with Crippen molar-refractivity contribution in [3.63, 3.8) is 0 Å². The third-order valence-electron chi connectivity index (χ3n) is 2.58. The fourth-order valence-electron chi connectivity index (χ4n) is 1.56. The fraction of sp³-hybridized carbons (Fsp3) is 0.0667. The minimum atomic E-state index is -0.250. The van der Waals surface area contributed by atoms with Crippen LogP contribution in [0.5, 0.6) is 5.75 Å². The van der Waals surface area contributed by atoms with Crippen molar-refractivity contribution in [3.05, 3.63) is 57.8 Å². The molecular formula is C15H11NO2S. The molecule has 0 spiro atoms. The number of nitrogens with zero attached hydrogens (tertiary/aromatic N) is 1. The van der Waals surface area contributed by atoms with Gasteiger partial charge in [0.2, 0.25) is 5.78 Å². The first-order chi connectivity index (χ1) is 9.24. The zero-order valence-electron chi connectivity index (χ0n) is 10.3. The molecule has 0 N–H and O–H groups in total. The number of hydrogen-bond acceptors (Lipinski definition) is 4. The lowest BCUT2D eigenvalue weighted by molar-refractivity contribution is 0.104. The predicted molar refractivity (Wildman–Crippen MR) is 75.2 cm³/mol. The maximum Gasteiger partial charge on any atom is 0.204 e. The number of benzene rings is 1. The number of Topliss-reactive ketones (excluding diaryl/α,β-unsaturated/α-hetero) is 1. The van der Waals surface area contributed by atoms with E-state index in [0.29, 0.717) is 5.56 Å². The van der Waals surface area contributed by atoms with Gasteiger partial charge in [-0.3, -0.25) is 4.79 Å². The lowest BCUT2D eigenvalue weighted by Gasteiger charge is -2.00. The molecule has 0 atom stereocenters. The second-order valence-electron chi connectivity index (χ2n) is 3.78. The number of hydrogen-bond donors (Lipinski definition) is 0. The molecular weight excluding hydrogens is 258 g/mol. The molecule has 0 aliphatic heterocycles. The monoisotopic (exact) mass is 269 g/mol. The van der Waals surface area contributed by atoms with E-state index < -0.39 is 0 Å². The number of allylic oxidation sites excluding steroid dienone is 1. The number of thiophene rings is 1. The van der Waals surface area contributed by atoms with Crippen LogP contribution >= 0.6 is 11.3 Å². The van der Waals surface area contributed by atoms with Gasteiger partial charge in [0.1, 0.15) is 17.4 Å². The maximum absolute atomic E-state index is 12.1. The van der Waals surface area contributed by atoms with E-state index in [-0.39, 0.29) is 11.4 Å². The van der Waals surface area contributed by atoms with E-state index in [2.05, 4.69) is 0 Å². The fourth-order valence-corrected chi connectivity index (χ4v) is 2.20. The van der Waals surface area contributed by atoms with Crippen molar-refractivity contribution in [2.24, 2.45) is 0 Å². The topological polar surface area (TPSA) is 50.1 Å². The Morgan fingerprint density at radius 3 is 2.58 bits per heavy atom. The van der Waals surface area contributed by atoms with Crippen molar-refractivity contribution >= 4 is 23.2 Å². The lowest BCUT2D eigenvalue weighted by atomic mass is 10.0. The molecule has 1 heterocycles. The van der Waals surface area contributed by atoms with Gasteiger partial charge in [-0.25, -0.2) is 0 Å². The van der Waals surface area contributed by atoms with Crippen molar-refractivity contribution in [1.29, 1.82) is 5.26 Å². The van der Waals surface area contributed by atoms with E-state index in [9.17, 15) is 4.79 Å². The average molecular weight is 269 g/mol. The molecule has 0 amide bonds. The van der Waals surface area contributed by atoms with Crippen LogP contribution in [0.15, 0.2) is 46.7 Å². The minimum Gasteiger partial charge on any atom is -0.497 e. The van der Waals surface area contributed by atoms with E-state index in [1.165, 1.54) is 11.3 Å². The SMILES string of the molecule is COc1ccc(/C=C(/C#N)C(=O)c2ccsc2)cc1. The summed E-state index contributed by atoms with van der Waals surface area (Å²) in [5.41, 5.74) is 1.47. The van der Waals surface area contributed by atoms with Gasteiger partial charge in [-0.1, -0.05) is 12.1 Å². The van der Waals surface area contributed by atoms with Gasteiger partial charge in [-0.05, 0) is 35.2 Å². The Morgan fingerprint density at radius 1 is 1.32 bits per heavy atom. The molecule has 0 aliphatic carbocycles. The summed E-state index contributed by atoms with van der Waals surface area (Å²) in [6.45, 7) is 0. The summed E-state index contributed by atoms with van der Waals surface area (Å²) < 4.78 is 5.06. The van der Waals surface area contributed by atoms with Crippen LogP contribution in [0.3, 0.4) is 0 Å². The van der Waals surface area contributed by atoms with Gasteiger partial charge >= 0.3 is 0 Å². The van der Waals surface area contributed by atoms with E-state index in [4.69, 9.17) is 10.00 Å². The Morgan fingerprint density at radius 2 is 2.05 bits per heavy atom. The van der Waals surface area contributed by atoms with Gasteiger partial charge in [-0.2, -0.15) is 16.6 Å². The maximum atomic E-state index is 12.1. The van der Waals surface area contributed by atoms with Crippen molar-refractivity contribution in [1.82, 2.24) is 0 Å². The average Bonchev–Trinajstić information content (AvgIpc) is 2.99. The minimum absolute atomic E-state index is 0.128. The number of rotatable bonds is 4. The van der Waals surface area contributed by atoms with Gasteiger partial charge < -0.3 is 4.74 Å². The van der Waals surface area contributed by atoms with Crippen LogP contribution in [-0.2, 0) is 0 Å². The van der Waals surface area contributed by atoms with Crippen molar-refractivity contribution < 1.29 is 9.53 Å². The third kappa shape index (κ3) is 3.09. The standard InChI is InChI=1S/C15H11NO2S/c1-18-14-4-2-11(3-5-14)8-13(9-16)15(17)12-6-7-19-10-12/h2-8,10H,1H3/b13-8-. The second kappa shape index (κ2) is 5.98. The number of methoxy groups -OCH3 is 1. The Bertz CT molecular complexity index is 634. The molecule has 0 saturated heterocycles. The van der Waals surface area contributed by atoms with Crippen LogP contribution in [0.1, 0.15) is 15.9 Å². The van der Waals surface area contributed by atoms with Crippen molar-refractivity contribution in [2.45, 2.75) is 0 Å². The number of nitriles is 1. The highest BCUT2D eigenvalue weighted by atomic mass is 32.1. The first-order valence-electron chi connectivity index (χ1n) is 5.57. The van der Waals surface area contributed by atoms with Crippen LogP contribution < -0.4 is 4.74 Å². The van der Waals surface area contributed by atoms with Crippen molar-refractivity contribution in [3.8, 4) is 11.8 Å². The molecule has 2 rings (SSSR count). The molecule has 1 aromatic heterocycles. The van der Waals surface area contributed by atoms with E-state index in [1.54, 1.807) is 48.9 Å². The van der Waals surface area contributed by atoms with Gasteiger partial charge in [0.05, 0.1) is 7.11 Å². The molecule has 0 saturated carbocycles. The summed E-state index contributed by atoms with van der Waals surface area (Å²) in [5.74, 6) is 0.486. The first kappa shape index (κ1) is 13.1. The largest absolute Gasteiger partial charge is 0.497 e. The van der Waals surface area contributed by atoms with Crippen LogP contribution in [0.2, 0.25) is 0 Å². The second-order valence-corrected chi connectivity index (χ2v) is 4.56. The molecule has 0 fully saturated rings. The molecule has 94 valence electrons. The molecule has 0 unspecified atom stereocenters. The summed E-state index contributed by atoms with van der Waals surface area (Å²) in [6, 6.07) is 10.8. The number of carbonyl (C=O) groups is 1. The van der Waals surface area contributed by atoms with Crippen LogP contribution in [0, 0.1) is 11.3 Å². The predicted octanol–water partition coefficient (Wildman–Crippen LogP) is 3.55. The number of ether oxygens (including phenoxy) is 1. The molecule has 19 heavy (non-hydrogen) atoms. The molecule has 4 heteroatoms. The van der Waals surface area contributed by atoms with Gasteiger partial charge in [0, 0.05) is 10.9 Å². The molecule has 2 aromatic rings. The Hall–Kier alpha value is -2.38. The van der Waals surface area contributed by atoms with Crippen LogP contribution in [0.25, 0.3) is 6.08 Å². The summed E-state index contributed by atoms with van der Waals surface area (Å²) in [6.07, 6.45) is 1.58. The van der Waals surface area contributed by atoms with Crippen LogP contribution in [0.4, 0.5) is 0 Å². The van der Waals surface area contributed by atoms with Crippen molar-refractivity contribution in [2.75, 3.05) is 7.11 Å². The highest BCUT2D eigenvalue weighted by Gasteiger charge is 2.12. The summed E-state index contributed by atoms with van der Waals surface area (Å²) in [5, 5.41) is 12.6. The zero-order valence-corrected chi connectivity index (χ0v) is 11.1. The quantitative estimate of drug-likeness (QED) is 0.484. The normalized spacial score (nSPS) is 10.8. The summed E-state index contributed by atoms with van der Waals surface area (Å²) in [4.78, 5) is 12.1. The highest BCUT2D eigenvalue weighted by Crippen LogP contribution is 2.17. The van der Waals surface area contributed by atoms with Gasteiger partial charge in [0.25, 0.3) is 0 Å². The first-order valence-corrected chi connectivity index (χ1v) is 6.51. The Labute approximate surface area is 115 Å². The molecule has 1 aromatic carbocycles. The molecule has 0 radical (unpaired) electrons. The molecule has 3 nitrogen and oxygen atoms in total. The van der Waals surface area contributed by atoms with E-state index in [1.807, 2.05) is 11.4 Å². The number of ketones is 1. The van der Waals surface area contributed by atoms with Gasteiger partial charge in [-0.15, -0.1) is 0 Å². The Kier molecular flexibility index (Phi) is 4.11. The molecule has 0 aliphatic rings. The molecule has 0 bridgehead atoms. The summed E-state index contributed by atoms with van der Waals surface area (Å²) >= 11 is 1.43. The van der Waals surface area contributed by atoms with E-state index in [0.717, 1.165) is 11.3 Å². The number of carbonyl (C=O) groups excluding carboxylic acids is 1. The van der Waals surface area contributed by atoms with E-state index >= 15 is 0 Å². The lowest BCUT2D eigenvalue weighted by Crippen LogP contribution is -1.99. The smallest absolute Gasteiger partial charge is 0.204 e. The highest BCUT2D eigenvalue weighted by molar-refractivity contribution is 7.08. The van der Waals surface area contributed by atoms with Gasteiger partial charge in [0.15, 0.2) is 0 Å². The Balaban J connectivity index is 2.28. The summed E-state index contributed by atoms with van der Waals surface area (Å²) in [7, 11) is 1.59. The zero-order chi connectivity index (χ0) is 13.7. The third-order valence-corrected chi connectivity index (χ3v) is 3.26.